The van der Waals surface area contributed by atoms with Crippen LogP contribution >= 0.6 is 15.9 Å². The molecule has 0 aromatic heterocycles. The minimum absolute atomic E-state index is 0.0916. The predicted octanol–water partition coefficient (Wildman–Crippen LogP) is 1.45. The lowest BCUT2D eigenvalue weighted by Crippen LogP contribution is -2.29. The normalized spacial score (nSPS) is 9.93. The Morgan fingerprint density at radius 3 is 2.93 bits per heavy atom. The van der Waals surface area contributed by atoms with Gasteiger partial charge in [0.15, 0.2) is 0 Å². The van der Waals surface area contributed by atoms with Crippen molar-refractivity contribution < 1.29 is 4.79 Å². The van der Waals surface area contributed by atoms with E-state index in [1.165, 1.54) is 0 Å². The van der Waals surface area contributed by atoms with Crippen molar-refractivity contribution in [3.05, 3.63) is 33.8 Å². The summed E-state index contributed by atoms with van der Waals surface area (Å²) in [5.41, 5.74) is 6.99. The van der Waals surface area contributed by atoms with E-state index in [1.807, 2.05) is 19.1 Å². The molecule has 0 fully saturated rings. The molecule has 0 saturated carbocycles. The van der Waals surface area contributed by atoms with Gasteiger partial charge in [0.2, 0.25) is 0 Å². The van der Waals surface area contributed by atoms with Crippen LogP contribution in [0.5, 0.6) is 0 Å². The topological polar surface area (TPSA) is 55.1 Å². The van der Waals surface area contributed by atoms with Crippen LogP contribution in [0.4, 0.5) is 0 Å². The first-order valence-corrected chi connectivity index (χ1v) is 5.19. The maximum absolute atomic E-state index is 11.6. The van der Waals surface area contributed by atoms with Crippen molar-refractivity contribution in [1.82, 2.24) is 5.32 Å². The van der Waals surface area contributed by atoms with Gasteiger partial charge in [0, 0.05) is 17.6 Å². The second-order valence-electron chi connectivity index (χ2n) is 2.98. The SMILES string of the molecule is Cc1cccc(C(=O)NCCN)c1Br. The Morgan fingerprint density at radius 2 is 2.29 bits per heavy atom. The maximum Gasteiger partial charge on any atom is 0.252 e. The van der Waals surface area contributed by atoms with Crippen molar-refractivity contribution in [1.29, 1.82) is 0 Å². The highest BCUT2D eigenvalue weighted by Crippen LogP contribution is 2.20. The average Bonchev–Trinajstić information content (AvgIpc) is 2.18. The van der Waals surface area contributed by atoms with E-state index in [2.05, 4.69) is 21.2 Å². The van der Waals surface area contributed by atoms with E-state index in [4.69, 9.17) is 5.73 Å². The van der Waals surface area contributed by atoms with Crippen LogP contribution in [0, 0.1) is 6.92 Å². The van der Waals surface area contributed by atoms with Crippen LogP contribution in [-0.4, -0.2) is 19.0 Å². The second kappa shape index (κ2) is 5.12. The van der Waals surface area contributed by atoms with Gasteiger partial charge >= 0.3 is 0 Å². The monoisotopic (exact) mass is 256 g/mol. The third-order valence-corrected chi connectivity index (χ3v) is 2.92. The number of halogens is 1. The summed E-state index contributed by atoms with van der Waals surface area (Å²) in [4.78, 5) is 11.6. The molecule has 1 rings (SSSR count). The largest absolute Gasteiger partial charge is 0.351 e. The molecular formula is C10H13BrN2O. The number of carbonyl (C=O) groups is 1. The van der Waals surface area contributed by atoms with Crippen LogP contribution in [-0.2, 0) is 0 Å². The summed E-state index contributed by atoms with van der Waals surface area (Å²) < 4.78 is 0.842. The lowest BCUT2D eigenvalue weighted by Gasteiger charge is -2.07. The standard InChI is InChI=1S/C10H13BrN2O/c1-7-3-2-4-8(9(7)11)10(14)13-6-5-12/h2-4H,5-6,12H2,1H3,(H,13,14). The number of hydrogen-bond acceptors (Lipinski definition) is 2. The fourth-order valence-electron chi connectivity index (χ4n) is 1.10. The minimum atomic E-state index is -0.0916. The number of carbonyl (C=O) groups excluding carboxylic acids is 1. The Kier molecular flexibility index (Phi) is 4.10. The number of amides is 1. The van der Waals surface area contributed by atoms with Gasteiger partial charge < -0.3 is 11.1 Å². The van der Waals surface area contributed by atoms with Gasteiger partial charge in [-0.05, 0) is 34.5 Å². The van der Waals surface area contributed by atoms with Crippen LogP contribution in [0.25, 0.3) is 0 Å². The molecule has 1 aromatic rings. The van der Waals surface area contributed by atoms with E-state index in [0.29, 0.717) is 18.7 Å². The smallest absolute Gasteiger partial charge is 0.252 e. The van der Waals surface area contributed by atoms with Gasteiger partial charge in [0.05, 0.1) is 5.56 Å². The summed E-state index contributed by atoms with van der Waals surface area (Å²) in [5, 5.41) is 2.72. The zero-order valence-electron chi connectivity index (χ0n) is 8.01. The summed E-state index contributed by atoms with van der Waals surface area (Å²) in [7, 11) is 0. The van der Waals surface area contributed by atoms with E-state index in [-0.39, 0.29) is 5.91 Å². The molecular weight excluding hydrogens is 244 g/mol. The van der Waals surface area contributed by atoms with Crippen LogP contribution < -0.4 is 11.1 Å². The number of rotatable bonds is 3. The third kappa shape index (κ3) is 2.56. The maximum atomic E-state index is 11.6. The molecule has 0 atom stereocenters. The molecule has 0 aliphatic rings. The van der Waals surface area contributed by atoms with Crippen LogP contribution in [0.15, 0.2) is 22.7 Å². The summed E-state index contributed by atoms with van der Waals surface area (Å²) in [6.07, 6.45) is 0. The highest BCUT2D eigenvalue weighted by molar-refractivity contribution is 9.10. The molecule has 14 heavy (non-hydrogen) atoms. The quantitative estimate of drug-likeness (QED) is 0.861. The number of aryl methyl sites for hydroxylation is 1. The first kappa shape index (κ1) is 11.2. The molecule has 3 N–H and O–H groups in total. The van der Waals surface area contributed by atoms with E-state index >= 15 is 0 Å². The summed E-state index contributed by atoms with van der Waals surface area (Å²) in [6.45, 7) is 2.90. The molecule has 0 saturated heterocycles. The highest BCUT2D eigenvalue weighted by atomic mass is 79.9. The molecule has 0 aliphatic heterocycles. The molecule has 0 unspecified atom stereocenters. The predicted molar refractivity (Wildman–Crippen MR) is 60.3 cm³/mol. The number of nitrogens with two attached hydrogens (primary N) is 1. The van der Waals surface area contributed by atoms with E-state index in [1.54, 1.807) is 6.07 Å². The zero-order chi connectivity index (χ0) is 10.6. The highest BCUT2D eigenvalue weighted by Gasteiger charge is 2.09. The number of benzene rings is 1. The van der Waals surface area contributed by atoms with Crippen LogP contribution in [0.2, 0.25) is 0 Å². The molecule has 0 bridgehead atoms. The Balaban J connectivity index is 2.84. The number of hydrogen-bond donors (Lipinski definition) is 2. The Labute approximate surface area is 91.8 Å². The van der Waals surface area contributed by atoms with Gasteiger partial charge in [-0.3, -0.25) is 4.79 Å². The van der Waals surface area contributed by atoms with E-state index < -0.39 is 0 Å². The summed E-state index contributed by atoms with van der Waals surface area (Å²) >= 11 is 3.38. The fraction of sp³-hybridized carbons (Fsp3) is 0.300. The molecule has 0 aliphatic carbocycles. The van der Waals surface area contributed by atoms with Gasteiger partial charge in [-0.2, -0.15) is 0 Å². The Morgan fingerprint density at radius 1 is 1.57 bits per heavy atom. The van der Waals surface area contributed by atoms with Crippen molar-refractivity contribution in [3.63, 3.8) is 0 Å². The molecule has 76 valence electrons. The molecule has 1 aromatic carbocycles. The lowest BCUT2D eigenvalue weighted by atomic mass is 10.1. The first-order chi connectivity index (χ1) is 6.66. The average molecular weight is 257 g/mol. The molecule has 4 heteroatoms. The zero-order valence-corrected chi connectivity index (χ0v) is 9.60. The summed E-state index contributed by atoms with van der Waals surface area (Å²) in [6, 6.07) is 5.59. The molecule has 0 spiro atoms. The third-order valence-electron chi connectivity index (χ3n) is 1.87. The van der Waals surface area contributed by atoms with Crippen LogP contribution in [0.3, 0.4) is 0 Å². The van der Waals surface area contributed by atoms with Gasteiger partial charge in [0.25, 0.3) is 5.91 Å². The first-order valence-electron chi connectivity index (χ1n) is 4.40. The summed E-state index contributed by atoms with van der Waals surface area (Å²) in [5.74, 6) is -0.0916. The van der Waals surface area contributed by atoms with Crippen molar-refractivity contribution in [2.75, 3.05) is 13.1 Å². The fourth-order valence-corrected chi connectivity index (χ4v) is 1.55. The molecule has 0 radical (unpaired) electrons. The minimum Gasteiger partial charge on any atom is -0.351 e. The molecule has 1 amide bonds. The Bertz CT molecular complexity index is 339. The molecule has 3 nitrogen and oxygen atoms in total. The second-order valence-corrected chi connectivity index (χ2v) is 3.77. The van der Waals surface area contributed by atoms with Crippen molar-refractivity contribution in [3.8, 4) is 0 Å². The van der Waals surface area contributed by atoms with Crippen LogP contribution in [0.1, 0.15) is 15.9 Å². The van der Waals surface area contributed by atoms with Gasteiger partial charge in [-0.15, -0.1) is 0 Å². The Hall–Kier alpha value is -0.870. The van der Waals surface area contributed by atoms with Crippen molar-refractivity contribution >= 4 is 21.8 Å². The van der Waals surface area contributed by atoms with Gasteiger partial charge in [0.1, 0.15) is 0 Å². The number of nitrogens with one attached hydrogen (secondary N) is 1. The van der Waals surface area contributed by atoms with E-state index in [0.717, 1.165) is 10.0 Å². The van der Waals surface area contributed by atoms with Crippen molar-refractivity contribution in [2.24, 2.45) is 5.73 Å². The van der Waals surface area contributed by atoms with Crippen molar-refractivity contribution in [2.45, 2.75) is 6.92 Å². The van der Waals surface area contributed by atoms with E-state index in [9.17, 15) is 4.79 Å². The lowest BCUT2D eigenvalue weighted by molar-refractivity contribution is 0.0954. The molecule has 0 heterocycles. The van der Waals surface area contributed by atoms with Gasteiger partial charge in [-0.25, -0.2) is 0 Å². The van der Waals surface area contributed by atoms with Gasteiger partial charge in [-0.1, -0.05) is 12.1 Å².